The SMILES string of the molecule is CC(=O)NOc1ccc(Cl)c(Cl)c1.Cl. The molecule has 0 bridgehead atoms. The molecule has 0 radical (unpaired) electrons. The smallest absolute Gasteiger partial charge is 0.249 e. The average molecular weight is 257 g/mol. The van der Waals surface area contributed by atoms with Crippen molar-refractivity contribution in [2.75, 3.05) is 0 Å². The number of benzene rings is 1. The van der Waals surface area contributed by atoms with Gasteiger partial charge >= 0.3 is 0 Å². The van der Waals surface area contributed by atoms with Crippen molar-refractivity contribution in [3.8, 4) is 5.75 Å². The standard InChI is InChI=1S/C8H7Cl2NO2.ClH/c1-5(12)11-13-6-2-3-7(9)8(10)4-6;/h2-4H,1H3,(H,11,12);1H. The molecule has 0 aromatic heterocycles. The Labute approximate surface area is 97.7 Å². The summed E-state index contributed by atoms with van der Waals surface area (Å²) in [7, 11) is 0. The summed E-state index contributed by atoms with van der Waals surface area (Å²) in [4.78, 5) is 15.3. The highest BCUT2D eigenvalue weighted by Crippen LogP contribution is 2.25. The molecule has 78 valence electrons. The van der Waals surface area contributed by atoms with Crippen LogP contribution in [0.3, 0.4) is 0 Å². The van der Waals surface area contributed by atoms with Crippen LogP contribution >= 0.6 is 35.6 Å². The van der Waals surface area contributed by atoms with E-state index in [0.717, 1.165) is 0 Å². The third-order valence-corrected chi connectivity index (χ3v) is 1.94. The van der Waals surface area contributed by atoms with Gasteiger partial charge in [0.25, 0.3) is 0 Å². The van der Waals surface area contributed by atoms with Crippen molar-refractivity contribution >= 4 is 41.5 Å². The third-order valence-electron chi connectivity index (χ3n) is 1.20. The van der Waals surface area contributed by atoms with Crippen molar-refractivity contribution in [1.29, 1.82) is 0 Å². The molecule has 0 saturated carbocycles. The van der Waals surface area contributed by atoms with E-state index in [1.807, 2.05) is 0 Å². The minimum Gasteiger partial charge on any atom is -0.379 e. The van der Waals surface area contributed by atoms with Crippen molar-refractivity contribution in [3.63, 3.8) is 0 Å². The fourth-order valence-corrected chi connectivity index (χ4v) is 0.959. The van der Waals surface area contributed by atoms with E-state index in [0.29, 0.717) is 15.8 Å². The van der Waals surface area contributed by atoms with Crippen molar-refractivity contribution in [1.82, 2.24) is 5.48 Å². The van der Waals surface area contributed by atoms with Gasteiger partial charge in [0.15, 0.2) is 5.75 Å². The highest BCUT2D eigenvalue weighted by atomic mass is 35.5. The van der Waals surface area contributed by atoms with Crippen LogP contribution in [0.4, 0.5) is 0 Å². The van der Waals surface area contributed by atoms with Crippen LogP contribution in [0.25, 0.3) is 0 Å². The summed E-state index contributed by atoms with van der Waals surface area (Å²) in [6, 6.07) is 4.70. The second-order valence-corrected chi connectivity index (χ2v) is 3.15. The number of rotatable bonds is 2. The van der Waals surface area contributed by atoms with E-state index in [-0.39, 0.29) is 18.3 Å². The second kappa shape index (κ2) is 5.96. The summed E-state index contributed by atoms with van der Waals surface area (Å²) in [6.07, 6.45) is 0. The topological polar surface area (TPSA) is 38.3 Å². The summed E-state index contributed by atoms with van der Waals surface area (Å²) in [5, 5.41) is 0.821. The molecule has 0 spiro atoms. The number of halogens is 3. The van der Waals surface area contributed by atoms with E-state index in [9.17, 15) is 4.79 Å². The number of hydrogen-bond acceptors (Lipinski definition) is 2. The third kappa shape index (κ3) is 4.05. The molecule has 3 nitrogen and oxygen atoms in total. The first-order valence-electron chi connectivity index (χ1n) is 3.48. The zero-order valence-corrected chi connectivity index (χ0v) is 9.54. The van der Waals surface area contributed by atoms with Gasteiger partial charge in [-0.05, 0) is 12.1 Å². The lowest BCUT2D eigenvalue weighted by atomic mass is 10.3. The number of carbonyl (C=O) groups excluding carboxylic acids is 1. The van der Waals surface area contributed by atoms with Gasteiger partial charge in [-0.15, -0.1) is 12.4 Å². The van der Waals surface area contributed by atoms with Crippen LogP contribution in [-0.2, 0) is 4.79 Å². The Balaban J connectivity index is 0.00000169. The predicted molar refractivity (Wildman–Crippen MR) is 58.2 cm³/mol. The fraction of sp³-hybridized carbons (Fsp3) is 0.125. The van der Waals surface area contributed by atoms with Crippen molar-refractivity contribution < 1.29 is 9.63 Å². The molecule has 1 N–H and O–H groups in total. The van der Waals surface area contributed by atoms with Crippen LogP contribution in [0.5, 0.6) is 5.75 Å². The van der Waals surface area contributed by atoms with Gasteiger partial charge in [-0.2, -0.15) is 5.48 Å². The van der Waals surface area contributed by atoms with Crippen LogP contribution in [0.2, 0.25) is 10.0 Å². The molecule has 14 heavy (non-hydrogen) atoms. The number of hydrogen-bond donors (Lipinski definition) is 1. The zero-order valence-electron chi connectivity index (χ0n) is 7.21. The second-order valence-electron chi connectivity index (χ2n) is 2.34. The van der Waals surface area contributed by atoms with Crippen molar-refractivity contribution in [2.24, 2.45) is 0 Å². The van der Waals surface area contributed by atoms with Crippen LogP contribution in [0.15, 0.2) is 18.2 Å². The van der Waals surface area contributed by atoms with Crippen LogP contribution in [0, 0.1) is 0 Å². The Kier molecular flexibility index (Phi) is 5.69. The Morgan fingerprint density at radius 2 is 2.00 bits per heavy atom. The summed E-state index contributed by atoms with van der Waals surface area (Å²) in [5.41, 5.74) is 2.17. The van der Waals surface area contributed by atoms with Gasteiger partial charge in [0, 0.05) is 13.0 Å². The van der Waals surface area contributed by atoms with E-state index >= 15 is 0 Å². The Bertz CT molecular complexity index is 330. The largest absolute Gasteiger partial charge is 0.379 e. The van der Waals surface area contributed by atoms with Gasteiger partial charge in [0.1, 0.15) is 0 Å². The van der Waals surface area contributed by atoms with Crippen molar-refractivity contribution in [2.45, 2.75) is 6.92 Å². The molecule has 6 heteroatoms. The van der Waals surface area contributed by atoms with E-state index in [1.54, 1.807) is 12.1 Å². The number of nitrogens with one attached hydrogen (secondary N) is 1. The van der Waals surface area contributed by atoms with Gasteiger partial charge in [-0.25, -0.2) is 0 Å². The lowest BCUT2D eigenvalue weighted by molar-refractivity contribution is -0.125. The van der Waals surface area contributed by atoms with Crippen molar-refractivity contribution in [3.05, 3.63) is 28.2 Å². The quantitative estimate of drug-likeness (QED) is 0.826. The van der Waals surface area contributed by atoms with E-state index < -0.39 is 0 Å². The molecule has 0 aliphatic rings. The minimum absolute atomic E-state index is 0. The summed E-state index contributed by atoms with van der Waals surface area (Å²) in [6.45, 7) is 1.34. The monoisotopic (exact) mass is 255 g/mol. The van der Waals surface area contributed by atoms with Gasteiger partial charge < -0.3 is 4.84 Å². The van der Waals surface area contributed by atoms with Crippen LogP contribution in [0.1, 0.15) is 6.92 Å². The molecule has 0 atom stereocenters. The minimum atomic E-state index is -0.286. The molecule has 0 heterocycles. The van der Waals surface area contributed by atoms with Crippen LogP contribution in [-0.4, -0.2) is 5.91 Å². The van der Waals surface area contributed by atoms with E-state index in [4.69, 9.17) is 28.0 Å². The van der Waals surface area contributed by atoms with Gasteiger partial charge in [-0.3, -0.25) is 4.79 Å². The Hall–Kier alpha value is -0.640. The van der Waals surface area contributed by atoms with E-state index in [1.165, 1.54) is 13.0 Å². The zero-order chi connectivity index (χ0) is 9.84. The molecule has 1 aromatic carbocycles. The van der Waals surface area contributed by atoms with Gasteiger partial charge in [0.05, 0.1) is 10.0 Å². The molecule has 0 fully saturated rings. The molecule has 0 aliphatic heterocycles. The Morgan fingerprint density at radius 1 is 1.36 bits per heavy atom. The molecule has 0 aliphatic carbocycles. The first-order chi connectivity index (χ1) is 6.09. The maximum absolute atomic E-state index is 10.5. The van der Waals surface area contributed by atoms with Gasteiger partial charge in [-0.1, -0.05) is 23.2 Å². The maximum atomic E-state index is 10.5. The maximum Gasteiger partial charge on any atom is 0.249 e. The molecule has 0 saturated heterocycles. The lowest BCUT2D eigenvalue weighted by Crippen LogP contribution is -2.23. The molecular weight excluding hydrogens is 248 g/mol. The molecule has 0 unspecified atom stereocenters. The number of hydroxylamine groups is 1. The number of amides is 1. The Morgan fingerprint density at radius 3 is 2.50 bits per heavy atom. The molecular formula is C8H8Cl3NO2. The average Bonchev–Trinajstić information content (AvgIpc) is 2.07. The first-order valence-corrected chi connectivity index (χ1v) is 4.23. The fourth-order valence-electron chi connectivity index (χ4n) is 0.671. The predicted octanol–water partition coefficient (Wildman–Crippen LogP) is 2.85. The highest BCUT2D eigenvalue weighted by Gasteiger charge is 2.00. The van der Waals surface area contributed by atoms with E-state index in [2.05, 4.69) is 5.48 Å². The summed E-state index contributed by atoms with van der Waals surface area (Å²) in [5.74, 6) is 0.149. The first kappa shape index (κ1) is 13.4. The summed E-state index contributed by atoms with van der Waals surface area (Å²) >= 11 is 11.4. The number of carbonyl (C=O) groups is 1. The molecule has 1 rings (SSSR count). The summed E-state index contributed by atoms with van der Waals surface area (Å²) < 4.78 is 0. The highest BCUT2D eigenvalue weighted by molar-refractivity contribution is 6.42. The van der Waals surface area contributed by atoms with Crippen LogP contribution < -0.4 is 10.3 Å². The lowest BCUT2D eigenvalue weighted by Gasteiger charge is -2.04. The normalized spacial score (nSPS) is 8.79. The van der Waals surface area contributed by atoms with Gasteiger partial charge in [0.2, 0.25) is 5.91 Å². The molecule has 1 amide bonds. The molecule has 1 aromatic rings.